The predicted octanol–water partition coefficient (Wildman–Crippen LogP) is 4.61. The van der Waals surface area contributed by atoms with Crippen molar-refractivity contribution in [2.24, 2.45) is 5.84 Å². The molecule has 0 saturated carbocycles. The van der Waals surface area contributed by atoms with Gasteiger partial charge in [-0.15, -0.1) is 0 Å². The molecule has 4 aromatic rings. The van der Waals surface area contributed by atoms with Gasteiger partial charge >= 0.3 is 0 Å². The van der Waals surface area contributed by atoms with Gasteiger partial charge in [-0.1, -0.05) is 30.3 Å². The third kappa shape index (κ3) is 4.64. The summed E-state index contributed by atoms with van der Waals surface area (Å²) in [4.78, 5) is 19.4. The number of hydrazine groups is 1. The van der Waals surface area contributed by atoms with E-state index >= 15 is 0 Å². The zero-order valence-electron chi connectivity index (χ0n) is 18.9. The van der Waals surface area contributed by atoms with E-state index in [2.05, 4.69) is 44.9 Å². The lowest BCUT2D eigenvalue weighted by Crippen LogP contribution is -2.44. The van der Waals surface area contributed by atoms with Gasteiger partial charge in [-0.25, -0.2) is 9.37 Å². The zero-order valence-corrected chi connectivity index (χ0v) is 18.9. The number of halogens is 1. The van der Waals surface area contributed by atoms with Gasteiger partial charge in [0.05, 0.1) is 16.9 Å². The van der Waals surface area contributed by atoms with E-state index in [0.717, 1.165) is 18.8 Å². The van der Waals surface area contributed by atoms with Crippen molar-refractivity contribution in [2.45, 2.75) is 5.92 Å². The molecule has 0 bridgehead atoms. The number of anilines is 4. The molecule has 8 heteroatoms. The number of hydrogen-bond acceptors (Lipinski definition) is 6. The Labute approximate surface area is 202 Å². The standard InChI is InChI=1S/C27H25FN6O/c28-23-11-6-18(24-12-13-25(33-30)26(29)32-24)14-22(23)27(35)31-20-7-9-21(10-8-20)34-15-19(16-34)17-4-2-1-3-5-17/h1-14,19,33H,15-16,30H2,(H2,29,32)(H,31,35). The lowest BCUT2D eigenvalue weighted by Gasteiger charge is -2.41. The second kappa shape index (κ2) is 9.44. The van der Waals surface area contributed by atoms with Crippen molar-refractivity contribution in [3.05, 3.63) is 102 Å². The molecule has 0 unspecified atom stereocenters. The second-order valence-corrected chi connectivity index (χ2v) is 8.48. The number of nitrogens with zero attached hydrogens (tertiary/aromatic N) is 2. The largest absolute Gasteiger partial charge is 0.382 e. The van der Waals surface area contributed by atoms with Gasteiger partial charge in [0.1, 0.15) is 11.6 Å². The van der Waals surface area contributed by atoms with E-state index in [-0.39, 0.29) is 11.4 Å². The smallest absolute Gasteiger partial charge is 0.258 e. The third-order valence-corrected chi connectivity index (χ3v) is 6.23. The quantitative estimate of drug-likeness (QED) is 0.243. The Kier molecular flexibility index (Phi) is 6.03. The minimum atomic E-state index is -0.622. The first-order chi connectivity index (χ1) is 17.0. The Morgan fingerprint density at radius 3 is 2.40 bits per heavy atom. The number of nitrogens with one attached hydrogen (secondary N) is 2. The topological polar surface area (TPSA) is 109 Å². The van der Waals surface area contributed by atoms with Crippen molar-refractivity contribution in [3.8, 4) is 11.3 Å². The molecule has 6 N–H and O–H groups in total. The van der Waals surface area contributed by atoms with E-state index in [1.807, 2.05) is 30.3 Å². The fourth-order valence-corrected chi connectivity index (χ4v) is 4.20. The summed E-state index contributed by atoms with van der Waals surface area (Å²) in [5, 5.41) is 2.78. The maximum absolute atomic E-state index is 14.5. The Morgan fingerprint density at radius 1 is 0.971 bits per heavy atom. The molecule has 1 saturated heterocycles. The van der Waals surface area contributed by atoms with Crippen LogP contribution in [0.15, 0.2) is 84.9 Å². The maximum atomic E-state index is 14.5. The fraction of sp³-hybridized carbons (Fsp3) is 0.111. The van der Waals surface area contributed by atoms with Crippen LogP contribution < -0.4 is 27.2 Å². The number of amides is 1. The molecule has 0 spiro atoms. The summed E-state index contributed by atoms with van der Waals surface area (Å²) in [7, 11) is 0. The van der Waals surface area contributed by atoms with Crippen molar-refractivity contribution in [1.29, 1.82) is 0 Å². The lowest BCUT2D eigenvalue weighted by atomic mass is 9.91. The summed E-state index contributed by atoms with van der Waals surface area (Å²) in [6.45, 7) is 1.91. The molecule has 0 atom stereocenters. The highest BCUT2D eigenvalue weighted by molar-refractivity contribution is 6.05. The molecule has 2 heterocycles. The van der Waals surface area contributed by atoms with E-state index in [9.17, 15) is 9.18 Å². The Balaban J connectivity index is 1.26. The van der Waals surface area contributed by atoms with Crippen molar-refractivity contribution < 1.29 is 9.18 Å². The first-order valence-corrected chi connectivity index (χ1v) is 11.3. The SMILES string of the molecule is NNc1ccc(-c2ccc(F)c(C(=O)Nc3ccc(N4CC(c5ccccc5)C4)cc3)c2)nc1N. The highest BCUT2D eigenvalue weighted by atomic mass is 19.1. The Hall–Kier alpha value is -4.43. The molecule has 0 aliphatic carbocycles. The minimum Gasteiger partial charge on any atom is -0.382 e. The summed E-state index contributed by atoms with van der Waals surface area (Å²) < 4.78 is 14.5. The van der Waals surface area contributed by atoms with Crippen LogP contribution in [0.3, 0.4) is 0 Å². The lowest BCUT2D eigenvalue weighted by molar-refractivity contribution is 0.102. The van der Waals surface area contributed by atoms with Gasteiger partial charge in [0.2, 0.25) is 0 Å². The number of carbonyl (C=O) groups is 1. The van der Waals surface area contributed by atoms with Crippen molar-refractivity contribution in [2.75, 3.05) is 34.5 Å². The minimum absolute atomic E-state index is 0.0820. The van der Waals surface area contributed by atoms with Gasteiger partial charge in [0.25, 0.3) is 5.91 Å². The van der Waals surface area contributed by atoms with E-state index in [1.165, 1.54) is 17.7 Å². The van der Waals surface area contributed by atoms with Gasteiger partial charge in [0, 0.05) is 35.9 Å². The molecular formula is C27H25FN6O. The van der Waals surface area contributed by atoms with Gasteiger partial charge < -0.3 is 21.4 Å². The van der Waals surface area contributed by atoms with Crippen LogP contribution in [0.4, 0.5) is 27.3 Å². The number of rotatable bonds is 6. The molecule has 176 valence electrons. The molecule has 1 aromatic heterocycles. The zero-order chi connectivity index (χ0) is 24.4. The number of nitrogens with two attached hydrogens (primary N) is 2. The molecule has 35 heavy (non-hydrogen) atoms. The van der Waals surface area contributed by atoms with E-state index in [0.29, 0.717) is 28.6 Å². The first-order valence-electron chi connectivity index (χ1n) is 11.3. The van der Waals surface area contributed by atoms with Gasteiger partial charge in [-0.2, -0.15) is 0 Å². The molecule has 1 amide bonds. The number of carbonyl (C=O) groups excluding carboxylic acids is 1. The summed E-state index contributed by atoms with van der Waals surface area (Å²) in [6, 6.07) is 25.7. The highest BCUT2D eigenvalue weighted by Gasteiger charge is 2.28. The summed E-state index contributed by atoms with van der Waals surface area (Å²) in [5.41, 5.74) is 12.8. The predicted molar refractivity (Wildman–Crippen MR) is 138 cm³/mol. The molecule has 1 fully saturated rings. The van der Waals surface area contributed by atoms with Crippen molar-refractivity contribution in [1.82, 2.24) is 4.98 Å². The number of pyridine rings is 1. The van der Waals surface area contributed by atoms with Crippen molar-refractivity contribution >= 4 is 28.8 Å². The van der Waals surface area contributed by atoms with Crippen LogP contribution in [0.2, 0.25) is 0 Å². The molecule has 3 aromatic carbocycles. The number of aromatic nitrogens is 1. The Bertz CT molecular complexity index is 1350. The van der Waals surface area contributed by atoms with Crippen LogP contribution >= 0.6 is 0 Å². The monoisotopic (exact) mass is 468 g/mol. The fourth-order valence-electron chi connectivity index (χ4n) is 4.20. The normalized spacial score (nSPS) is 13.3. The van der Waals surface area contributed by atoms with E-state index < -0.39 is 11.7 Å². The number of hydrogen-bond donors (Lipinski definition) is 4. The van der Waals surface area contributed by atoms with Crippen LogP contribution in [-0.2, 0) is 0 Å². The summed E-state index contributed by atoms with van der Waals surface area (Å²) >= 11 is 0. The average molecular weight is 469 g/mol. The summed E-state index contributed by atoms with van der Waals surface area (Å²) in [5.74, 6) is 4.96. The van der Waals surface area contributed by atoms with Crippen LogP contribution in [0, 0.1) is 5.82 Å². The second-order valence-electron chi connectivity index (χ2n) is 8.48. The molecule has 1 aliphatic rings. The first kappa shape index (κ1) is 22.4. The van der Waals surface area contributed by atoms with Crippen molar-refractivity contribution in [3.63, 3.8) is 0 Å². The van der Waals surface area contributed by atoms with Crippen LogP contribution in [0.1, 0.15) is 21.8 Å². The van der Waals surface area contributed by atoms with Crippen LogP contribution in [-0.4, -0.2) is 24.0 Å². The van der Waals surface area contributed by atoms with E-state index in [1.54, 1.807) is 18.2 Å². The number of nitrogen functional groups attached to an aromatic ring is 2. The highest BCUT2D eigenvalue weighted by Crippen LogP contribution is 2.32. The maximum Gasteiger partial charge on any atom is 0.258 e. The molecule has 7 nitrogen and oxygen atoms in total. The molecular weight excluding hydrogens is 443 g/mol. The van der Waals surface area contributed by atoms with Gasteiger partial charge in [-0.3, -0.25) is 10.6 Å². The van der Waals surface area contributed by atoms with Gasteiger partial charge in [-0.05, 0) is 60.2 Å². The third-order valence-electron chi connectivity index (χ3n) is 6.23. The number of benzene rings is 3. The summed E-state index contributed by atoms with van der Waals surface area (Å²) in [6.07, 6.45) is 0. The van der Waals surface area contributed by atoms with E-state index in [4.69, 9.17) is 11.6 Å². The van der Waals surface area contributed by atoms with Crippen LogP contribution in [0.25, 0.3) is 11.3 Å². The molecule has 1 aliphatic heterocycles. The Morgan fingerprint density at radius 2 is 1.71 bits per heavy atom. The molecule has 5 rings (SSSR count). The molecule has 0 radical (unpaired) electrons. The average Bonchev–Trinajstić information content (AvgIpc) is 2.85. The van der Waals surface area contributed by atoms with Gasteiger partial charge in [0.15, 0.2) is 0 Å². The van der Waals surface area contributed by atoms with Crippen LogP contribution in [0.5, 0.6) is 0 Å².